The molecule has 2 aliphatic heterocycles. The van der Waals surface area contributed by atoms with Crippen LogP contribution in [0.3, 0.4) is 0 Å². The normalized spacial score (nSPS) is 38.0. The minimum Gasteiger partial charge on any atom is -0.484 e. The molecule has 2 aliphatic rings. The van der Waals surface area contributed by atoms with Crippen LogP contribution in [0.25, 0.3) is 0 Å². The van der Waals surface area contributed by atoms with E-state index >= 15 is 0 Å². The van der Waals surface area contributed by atoms with Gasteiger partial charge in [-0.3, -0.25) is 0 Å². The molecular weight excluding hydrogens is 212 g/mol. The molecule has 0 bridgehead atoms. The second kappa shape index (κ2) is 4.02. The van der Waals surface area contributed by atoms with Gasteiger partial charge in [0.05, 0.1) is 11.7 Å². The molecule has 0 aliphatic carbocycles. The van der Waals surface area contributed by atoms with Crippen molar-refractivity contribution in [2.24, 2.45) is 0 Å². The lowest BCUT2D eigenvalue weighted by atomic mass is 10.0. The summed E-state index contributed by atoms with van der Waals surface area (Å²) in [5, 5.41) is 0. The molecule has 0 saturated carbocycles. The van der Waals surface area contributed by atoms with Gasteiger partial charge in [-0.05, 0) is 58.3 Å². The lowest BCUT2D eigenvalue weighted by Gasteiger charge is -2.23. The van der Waals surface area contributed by atoms with Crippen LogP contribution in [0.4, 0.5) is 0 Å². The highest BCUT2D eigenvalue weighted by molar-refractivity contribution is 5.30. The standard InChI is InChI=1S/C15H22O2/c1-6-15(5)10-8-13(17-15)11(2)12-7-9-14(3,4)16-12/h6-7,9,13H,1,8,10H2,2-5H3/b12-11+. The van der Waals surface area contributed by atoms with E-state index in [-0.39, 0.29) is 17.3 Å². The first kappa shape index (κ1) is 12.4. The fourth-order valence-electron chi connectivity index (χ4n) is 2.31. The average Bonchev–Trinajstić information content (AvgIpc) is 2.82. The third-order valence-electron chi connectivity index (χ3n) is 3.63. The quantitative estimate of drug-likeness (QED) is 0.677. The van der Waals surface area contributed by atoms with E-state index in [9.17, 15) is 0 Å². The first-order valence-electron chi connectivity index (χ1n) is 6.26. The van der Waals surface area contributed by atoms with E-state index in [1.54, 1.807) is 0 Å². The molecule has 0 amide bonds. The van der Waals surface area contributed by atoms with Crippen LogP contribution in [0.5, 0.6) is 0 Å². The van der Waals surface area contributed by atoms with E-state index in [1.165, 1.54) is 5.57 Å². The summed E-state index contributed by atoms with van der Waals surface area (Å²) in [4.78, 5) is 0. The second-order valence-electron chi connectivity index (χ2n) is 5.75. The van der Waals surface area contributed by atoms with E-state index in [2.05, 4.69) is 46.4 Å². The summed E-state index contributed by atoms with van der Waals surface area (Å²) >= 11 is 0. The number of hydrogen-bond acceptors (Lipinski definition) is 2. The number of allylic oxidation sites excluding steroid dienone is 1. The Balaban J connectivity index is 2.13. The van der Waals surface area contributed by atoms with Gasteiger partial charge in [-0.1, -0.05) is 6.08 Å². The van der Waals surface area contributed by atoms with Gasteiger partial charge in [-0.25, -0.2) is 0 Å². The maximum Gasteiger partial charge on any atom is 0.122 e. The summed E-state index contributed by atoms with van der Waals surface area (Å²) < 4.78 is 11.9. The van der Waals surface area contributed by atoms with Crippen LogP contribution in [0, 0.1) is 0 Å². The second-order valence-corrected chi connectivity index (χ2v) is 5.75. The molecule has 0 aromatic carbocycles. The van der Waals surface area contributed by atoms with Crippen LogP contribution in [-0.4, -0.2) is 17.3 Å². The summed E-state index contributed by atoms with van der Waals surface area (Å²) in [5.74, 6) is 0.966. The molecule has 2 nitrogen and oxygen atoms in total. The molecule has 2 heteroatoms. The Morgan fingerprint density at radius 2 is 2.18 bits per heavy atom. The minimum atomic E-state index is -0.184. The van der Waals surface area contributed by atoms with Crippen molar-refractivity contribution in [2.45, 2.75) is 57.8 Å². The van der Waals surface area contributed by atoms with Crippen LogP contribution in [-0.2, 0) is 9.47 Å². The first-order valence-corrected chi connectivity index (χ1v) is 6.26. The molecule has 2 unspecified atom stereocenters. The molecule has 94 valence electrons. The molecule has 2 rings (SSSR count). The number of rotatable bonds is 2. The predicted molar refractivity (Wildman–Crippen MR) is 69.7 cm³/mol. The SMILES string of the molecule is C=CC1(C)CCC(/C(C)=C2\C=CC(C)(C)O2)O1. The maximum absolute atomic E-state index is 6.05. The summed E-state index contributed by atoms with van der Waals surface area (Å²) in [5.41, 5.74) is 0.832. The van der Waals surface area contributed by atoms with Gasteiger partial charge >= 0.3 is 0 Å². The largest absolute Gasteiger partial charge is 0.484 e. The Labute approximate surface area is 104 Å². The number of hydrogen-bond donors (Lipinski definition) is 0. The van der Waals surface area contributed by atoms with Gasteiger partial charge in [0, 0.05) is 0 Å². The zero-order chi connectivity index (χ0) is 12.7. The molecule has 0 N–H and O–H groups in total. The molecule has 1 saturated heterocycles. The third kappa shape index (κ3) is 2.47. The number of ether oxygens (including phenoxy) is 2. The van der Waals surface area contributed by atoms with Gasteiger partial charge in [0.1, 0.15) is 11.4 Å². The Morgan fingerprint density at radius 1 is 1.47 bits per heavy atom. The van der Waals surface area contributed by atoms with Crippen molar-refractivity contribution in [3.8, 4) is 0 Å². The van der Waals surface area contributed by atoms with E-state index in [0.29, 0.717) is 0 Å². The zero-order valence-corrected chi connectivity index (χ0v) is 11.2. The van der Waals surface area contributed by atoms with E-state index in [0.717, 1.165) is 18.6 Å². The van der Waals surface area contributed by atoms with Crippen LogP contribution in [0.2, 0.25) is 0 Å². The van der Waals surface area contributed by atoms with Crippen LogP contribution >= 0.6 is 0 Å². The van der Waals surface area contributed by atoms with E-state index in [4.69, 9.17) is 9.47 Å². The van der Waals surface area contributed by atoms with Crippen molar-refractivity contribution in [2.75, 3.05) is 0 Å². The summed E-state index contributed by atoms with van der Waals surface area (Å²) in [7, 11) is 0. The lowest BCUT2D eigenvalue weighted by Crippen LogP contribution is -2.23. The zero-order valence-electron chi connectivity index (χ0n) is 11.2. The fraction of sp³-hybridized carbons (Fsp3) is 0.600. The summed E-state index contributed by atoms with van der Waals surface area (Å²) in [6, 6.07) is 0. The highest BCUT2D eigenvalue weighted by atomic mass is 16.5. The Hall–Kier alpha value is -1.02. The Kier molecular flexibility index (Phi) is 2.94. The highest BCUT2D eigenvalue weighted by Crippen LogP contribution is 2.37. The fourth-order valence-corrected chi connectivity index (χ4v) is 2.31. The van der Waals surface area contributed by atoms with Crippen LogP contribution in [0.1, 0.15) is 40.5 Å². The molecule has 2 atom stereocenters. The Bertz CT molecular complexity index is 390. The molecule has 1 fully saturated rings. The van der Waals surface area contributed by atoms with Gasteiger partial charge < -0.3 is 9.47 Å². The predicted octanol–water partition coefficient (Wildman–Crippen LogP) is 3.75. The van der Waals surface area contributed by atoms with Crippen molar-refractivity contribution in [3.05, 3.63) is 36.1 Å². The molecule has 0 spiro atoms. The lowest BCUT2D eigenvalue weighted by molar-refractivity contribution is 0.0176. The van der Waals surface area contributed by atoms with Crippen molar-refractivity contribution < 1.29 is 9.47 Å². The van der Waals surface area contributed by atoms with Crippen molar-refractivity contribution in [3.63, 3.8) is 0 Å². The first-order chi connectivity index (χ1) is 7.85. The van der Waals surface area contributed by atoms with Crippen molar-refractivity contribution >= 4 is 0 Å². The monoisotopic (exact) mass is 234 g/mol. The minimum absolute atomic E-state index is 0.159. The summed E-state index contributed by atoms with van der Waals surface area (Å²) in [6.45, 7) is 12.2. The molecule has 0 aromatic heterocycles. The Morgan fingerprint density at radius 3 is 2.65 bits per heavy atom. The van der Waals surface area contributed by atoms with Crippen molar-refractivity contribution in [1.82, 2.24) is 0 Å². The van der Waals surface area contributed by atoms with Gasteiger partial charge in [-0.2, -0.15) is 0 Å². The maximum atomic E-state index is 6.05. The van der Waals surface area contributed by atoms with Crippen LogP contribution < -0.4 is 0 Å². The highest BCUT2D eigenvalue weighted by Gasteiger charge is 2.36. The molecular formula is C15H22O2. The molecule has 2 heterocycles. The summed E-state index contributed by atoms with van der Waals surface area (Å²) in [6.07, 6.45) is 8.27. The average molecular weight is 234 g/mol. The molecule has 0 aromatic rings. The van der Waals surface area contributed by atoms with E-state index < -0.39 is 0 Å². The van der Waals surface area contributed by atoms with Gasteiger partial charge in [0.15, 0.2) is 0 Å². The van der Waals surface area contributed by atoms with Gasteiger partial charge in [0.25, 0.3) is 0 Å². The molecule has 0 radical (unpaired) electrons. The van der Waals surface area contributed by atoms with Crippen LogP contribution in [0.15, 0.2) is 36.1 Å². The van der Waals surface area contributed by atoms with Gasteiger partial charge in [0.2, 0.25) is 0 Å². The van der Waals surface area contributed by atoms with Gasteiger partial charge in [-0.15, -0.1) is 6.58 Å². The third-order valence-corrected chi connectivity index (χ3v) is 3.63. The molecule has 17 heavy (non-hydrogen) atoms. The topological polar surface area (TPSA) is 18.5 Å². The van der Waals surface area contributed by atoms with Crippen molar-refractivity contribution in [1.29, 1.82) is 0 Å². The van der Waals surface area contributed by atoms with E-state index in [1.807, 2.05) is 6.08 Å². The smallest absolute Gasteiger partial charge is 0.122 e.